The molecule has 0 aliphatic carbocycles. The van der Waals surface area contributed by atoms with E-state index in [-0.39, 0.29) is 19.1 Å². The number of hydrogen-bond acceptors (Lipinski definition) is 5. The van der Waals surface area contributed by atoms with Gasteiger partial charge < -0.3 is 25.4 Å². The van der Waals surface area contributed by atoms with E-state index < -0.39 is 18.2 Å². The Morgan fingerprint density at radius 1 is 0.364 bits per heavy atom. The second-order valence-corrected chi connectivity index (χ2v) is 16.4. The summed E-state index contributed by atoms with van der Waals surface area (Å²) in [4.78, 5) is 37.4. The summed E-state index contributed by atoms with van der Waals surface area (Å²) < 4.78 is 10.8. The van der Waals surface area contributed by atoms with Crippen molar-refractivity contribution in [2.45, 2.75) is 258 Å². The Morgan fingerprint density at radius 3 is 0.945 bits per heavy atom. The van der Waals surface area contributed by atoms with E-state index in [0.29, 0.717) is 19.5 Å². The van der Waals surface area contributed by atoms with Crippen LogP contribution >= 0.6 is 0 Å². The summed E-state index contributed by atoms with van der Waals surface area (Å²) in [5.41, 5.74) is 0. The standard InChI is InChI=1S/C47H93N3O5/c1-4-7-10-12-14-16-18-20-22-24-26-28-30-32-34-36-39-45(51)50-44(42-54-46(52)48-40-37-9-6-3)43-55-47(53)49-41-38-35-33-31-29-27-25-23-21-19-17-15-13-11-8-5-2/h44H,4-43H2,1-3H3,(H,48,52)(H,49,53)(H,50,51). The molecular weight excluding hydrogens is 687 g/mol. The molecule has 0 fully saturated rings. The van der Waals surface area contributed by atoms with Gasteiger partial charge in [-0.2, -0.15) is 0 Å². The number of unbranched alkanes of at least 4 members (excludes halogenated alkanes) is 32. The molecular formula is C47H93N3O5. The summed E-state index contributed by atoms with van der Waals surface area (Å²) in [7, 11) is 0. The molecule has 0 radical (unpaired) electrons. The topological polar surface area (TPSA) is 106 Å². The number of carbonyl (C=O) groups excluding carboxylic acids is 3. The minimum atomic E-state index is -0.587. The molecule has 326 valence electrons. The molecule has 3 N–H and O–H groups in total. The van der Waals surface area contributed by atoms with Crippen molar-refractivity contribution >= 4 is 18.1 Å². The maximum atomic E-state index is 12.8. The van der Waals surface area contributed by atoms with Crippen molar-refractivity contribution in [3.05, 3.63) is 0 Å². The van der Waals surface area contributed by atoms with E-state index in [1.807, 2.05) is 0 Å². The molecule has 0 bridgehead atoms. The average Bonchev–Trinajstić information content (AvgIpc) is 3.18. The lowest BCUT2D eigenvalue weighted by Gasteiger charge is -2.19. The third-order valence-corrected chi connectivity index (χ3v) is 10.8. The van der Waals surface area contributed by atoms with Gasteiger partial charge in [0.1, 0.15) is 13.2 Å². The Labute approximate surface area is 341 Å². The predicted octanol–water partition coefficient (Wildman–Crippen LogP) is 14.0. The number of ether oxygens (including phenoxy) is 2. The van der Waals surface area contributed by atoms with Gasteiger partial charge in [-0.1, -0.05) is 226 Å². The van der Waals surface area contributed by atoms with Crippen molar-refractivity contribution in [3.8, 4) is 0 Å². The minimum absolute atomic E-state index is 0.0431. The Kier molecular flexibility index (Phi) is 43.1. The number of amides is 3. The first kappa shape index (κ1) is 53.0. The third kappa shape index (κ3) is 43.0. The van der Waals surface area contributed by atoms with Crippen LogP contribution in [0, 0.1) is 0 Å². The number of nitrogens with one attached hydrogen (secondary N) is 3. The zero-order valence-electron chi connectivity index (χ0n) is 36.9. The van der Waals surface area contributed by atoms with Crippen molar-refractivity contribution in [2.75, 3.05) is 26.3 Å². The van der Waals surface area contributed by atoms with E-state index in [4.69, 9.17) is 9.47 Å². The van der Waals surface area contributed by atoms with Crippen LogP contribution in [-0.4, -0.2) is 50.4 Å². The Hall–Kier alpha value is -1.99. The Bertz CT molecular complexity index is 826. The second kappa shape index (κ2) is 44.7. The molecule has 0 aromatic rings. The minimum Gasteiger partial charge on any atom is -0.447 e. The summed E-state index contributed by atoms with van der Waals surface area (Å²) in [5.74, 6) is -0.0977. The van der Waals surface area contributed by atoms with E-state index in [9.17, 15) is 14.4 Å². The van der Waals surface area contributed by atoms with Crippen molar-refractivity contribution in [1.82, 2.24) is 16.0 Å². The molecule has 1 atom stereocenters. The van der Waals surface area contributed by atoms with Gasteiger partial charge in [0.05, 0.1) is 6.04 Å². The molecule has 0 aliphatic heterocycles. The number of rotatable bonds is 43. The summed E-state index contributed by atoms with van der Waals surface area (Å²) in [6.07, 6.45) is 44.1. The fourth-order valence-corrected chi connectivity index (χ4v) is 7.15. The predicted molar refractivity (Wildman–Crippen MR) is 234 cm³/mol. The van der Waals surface area contributed by atoms with Crippen LogP contribution in [0.5, 0.6) is 0 Å². The molecule has 0 saturated carbocycles. The molecule has 0 heterocycles. The molecule has 0 aromatic carbocycles. The molecule has 1 unspecified atom stereocenters. The zero-order valence-corrected chi connectivity index (χ0v) is 36.9. The molecule has 3 amide bonds. The maximum absolute atomic E-state index is 12.8. The molecule has 8 nitrogen and oxygen atoms in total. The van der Waals surface area contributed by atoms with E-state index >= 15 is 0 Å². The van der Waals surface area contributed by atoms with Crippen molar-refractivity contribution in [2.24, 2.45) is 0 Å². The van der Waals surface area contributed by atoms with Gasteiger partial charge in [0.15, 0.2) is 0 Å². The molecule has 0 aliphatic rings. The molecule has 8 heteroatoms. The van der Waals surface area contributed by atoms with Crippen LogP contribution in [0.4, 0.5) is 9.59 Å². The van der Waals surface area contributed by atoms with Gasteiger partial charge >= 0.3 is 12.2 Å². The quantitative estimate of drug-likeness (QED) is 0.0534. The molecule has 55 heavy (non-hydrogen) atoms. The lowest BCUT2D eigenvalue weighted by molar-refractivity contribution is -0.122. The van der Waals surface area contributed by atoms with E-state index in [0.717, 1.165) is 51.4 Å². The SMILES string of the molecule is CCCCCCCCCCCCCCCCCCNC(=O)OCC(COC(=O)NCCCCC)NC(=O)CCCCCCCCCCCCCCCCCC. The summed E-state index contributed by atoms with van der Waals surface area (Å²) in [6, 6.07) is -0.587. The lowest BCUT2D eigenvalue weighted by Crippen LogP contribution is -2.44. The summed E-state index contributed by atoms with van der Waals surface area (Å²) in [5, 5.41) is 8.53. The van der Waals surface area contributed by atoms with Crippen LogP contribution in [0.3, 0.4) is 0 Å². The first-order chi connectivity index (χ1) is 27.0. The fraction of sp³-hybridized carbons (Fsp3) is 0.936. The van der Waals surface area contributed by atoms with Gasteiger partial charge in [-0.15, -0.1) is 0 Å². The van der Waals surface area contributed by atoms with Crippen LogP contribution < -0.4 is 16.0 Å². The van der Waals surface area contributed by atoms with Gasteiger partial charge in [-0.3, -0.25) is 4.79 Å². The van der Waals surface area contributed by atoms with E-state index in [2.05, 4.69) is 36.7 Å². The van der Waals surface area contributed by atoms with Crippen molar-refractivity contribution < 1.29 is 23.9 Å². The average molecular weight is 780 g/mol. The summed E-state index contributed by atoms with van der Waals surface area (Å²) in [6.45, 7) is 7.71. The highest BCUT2D eigenvalue weighted by Crippen LogP contribution is 2.15. The number of carbonyl (C=O) groups is 3. The van der Waals surface area contributed by atoms with Crippen LogP contribution in [-0.2, 0) is 14.3 Å². The van der Waals surface area contributed by atoms with Crippen molar-refractivity contribution in [3.63, 3.8) is 0 Å². The van der Waals surface area contributed by atoms with Crippen LogP contribution in [0.2, 0.25) is 0 Å². The molecule has 0 saturated heterocycles. The van der Waals surface area contributed by atoms with E-state index in [1.54, 1.807) is 0 Å². The fourth-order valence-electron chi connectivity index (χ4n) is 7.15. The van der Waals surface area contributed by atoms with Crippen LogP contribution in [0.15, 0.2) is 0 Å². The molecule has 0 spiro atoms. The van der Waals surface area contributed by atoms with E-state index in [1.165, 1.54) is 173 Å². The van der Waals surface area contributed by atoms with Gasteiger partial charge in [0.2, 0.25) is 5.91 Å². The highest BCUT2D eigenvalue weighted by atomic mass is 16.6. The van der Waals surface area contributed by atoms with Crippen LogP contribution in [0.25, 0.3) is 0 Å². The third-order valence-electron chi connectivity index (χ3n) is 10.8. The van der Waals surface area contributed by atoms with Gasteiger partial charge in [-0.25, -0.2) is 9.59 Å². The molecule has 0 rings (SSSR count). The highest BCUT2D eigenvalue weighted by molar-refractivity contribution is 5.76. The van der Waals surface area contributed by atoms with Gasteiger partial charge in [0, 0.05) is 19.5 Å². The Balaban J connectivity index is 4.07. The van der Waals surface area contributed by atoms with Crippen molar-refractivity contribution in [1.29, 1.82) is 0 Å². The largest absolute Gasteiger partial charge is 0.447 e. The Morgan fingerprint density at radius 2 is 0.618 bits per heavy atom. The van der Waals surface area contributed by atoms with Gasteiger partial charge in [0.25, 0.3) is 0 Å². The second-order valence-electron chi connectivity index (χ2n) is 16.4. The molecule has 0 aromatic heterocycles. The first-order valence-electron chi connectivity index (χ1n) is 24.1. The first-order valence-corrected chi connectivity index (χ1v) is 24.1. The maximum Gasteiger partial charge on any atom is 0.407 e. The lowest BCUT2D eigenvalue weighted by atomic mass is 10.0. The summed E-state index contributed by atoms with van der Waals surface area (Å²) >= 11 is 0. The smallest absolute Gasteiger partial charge is 0.407 e. The number of alkyl carbamates (subject to hydrolysis) is 2. The highest BCUT2D eigenvalue weighted by Gasteiger charge is 2.17. The van der Waals surface area contributed by atoms with Crippen LogP contribution in [0.1, 0.15) is 252 Å². The number of hydrogen-bond donors (Lipinski definition) is 3. The zero-order chi connectivity index (χ0) is 40.1. The normalized spacial score (nSPS) is 11.7. The monoisotopic (exact) mass is 780 g/mol. The van der Waals surface area contributed by atoms with Gasteiger partial charge in [-0.05, 0) is 19.3 Å².